The van der Waals surface area contributed by atoms with Gasteiger partial charge in [0.15, 0.2) is 0 Å². The van der Waals surface area contributed by atoms with Crippen molar-refractivity contribution >= 4 is 34.6 Å². The molecule has 2 aromatic rings. The molecule has 0 aliphatic heterocycles. The number of ether oxygens (including phenoxy) is 1. The van der Waals surface area contributed by atoms with Crippen LogP contribution in [-0.2, 0) is 6.61 Å². The van der Waals surface area contributed by atoms with Crippen molar-refractivity contribution in [2.45, 2.75) is 6.61 Å². The smallest absolute Gasteiger partial charge is 0.345 e. The van der Waals surface area contributed by atoms with Gasteiger partial charge in [-0.15, -0.1) is 11.3 Å². The van der Waals surface area contributed by atoms with E-state index in [0.717, 1.165) is 11.3 Å². The molecule has 1 N–H and O–H groups in total. The Morgan fingerprint density at radius 3 is 2.80 bits per heavy atom. The van der Waals surface area contributed by atoms with Crippen molar-refractivity contribution in [2.75, 3.05) is 0 Å². The maximum absolute atomic E-state index is 10.7. The van der Waals surface area contributed by atoms with E-state index in [1.807, 2.05) is 0 Å². The fourth-order valence-corrected chi connectivity index (χ4v) is 2.35. The summed E-state index contributed by atoms with van der Waals surface area (Å²) in [6.07, 6.45) is 0. The highest BCUT2D eigenvalue weighted by atomic mass is 35.5. The zero-order chi connectivity index (χ0) is 14.7. The van der Waals surface area contributed by atoms with E-state index < -0.39 is 10.9 Å². The summed E-state index contributed by atoms with van der Waals surface area (Å²) in [4.78, 5) is 21.1. The summed E-state index contributed by atoms with van der Waals surface area (Å²) in [6, 6.07) is 5.37. The van der Waals surface area contributed by atoms with E-state index >= 15 is 0 Å². The van der Waals surface area contributed by atoms with E-state index in [2.05, 4.69) is 0 Å². The maximum atomic E-state index is 10.7. The third-order valence-electron chi connectivity index (χ3n) is 2.38. The molecule has 1 heterocycles. The monoisotopic (exact) mass is 313 g/mol. The number of aromatic carboxylic acids is 1. The lowest BCUT2D eigenvalue weighted by atomic mass is 10.3. The van der Waals surface area contributed by atoms with E-state index in [1.54, 1.807) is 5.38 Å². The standard InChI is InChI=1S/C12H8ClNO5S/c13-9-2-1-8(14(17)18)4-10(9)19-5-7-3-11(12(15)16)20-6-7/h1-4,6H,5H2,(H,15,16). The quantitative estimate of drug-likeness (QED) is 0.673. The molecule has 0 spiro atoms. The largest absolute Gasteiger partial charge is 0.487 e. The molecule has 0 fully saturated rings. The third-order valence-corrected chi connectivity index (χ3v) is 3.66. The molecule has 2 rings (SSSR count). The fraction of sp³-hybridized carbons (Fsp3) is 0.0833. The SMILES string of the molecule is O=C(O)c1cc(COc2cc([N+](=O)[O-])ccc2Cl)cs1. The first-order valence-corrected chi connectivity index (χ1v) is 6.60. The van der Waals surface area contributed by atoms with Gasteiger partial charge in [0.25, 0.3) is 5.69 Å². The van der Waals surface area contributed by atoms with E-state index in [1.165, 1.54) is 24.3 Å². The summed E-state index contributed by atoms with van der Waals surface area (Å²) >= 11 is 6.97. The Kier molecular flexibility index (Phi) is 4.21. The number of nitrogens with zero attached hydrogens (tertiary/aromatic N) is 1. The molecule has 0 amide bonds. The molecule has 104 valence electrons. The van der Waals surface area contributed by atoms with E-state index in [0.29, 0.717) is 5.56 Å². The van der Waals surface area contributed by atoms with E-state index in [9.17, 15) is 14.9 Å². The van der Waals surface area contributed by atoms with Crippen LogP contribution in [-0.4, -0.2) is 16.0 Å². The van der Waals surface area contributed by atoms with Crippen LogP contribution in [0.1, 0.15) is 15.2 Å². The summed E-state index contributed by atoms with van der Waals surface area (Å²) < 4.78 is 5.38. The van der Waals surface area contributed by atoms with Crippen molar-refractivity contribution in [1.82, 2.24) is 0 Å². The van der Waals surface area contributed by atoms with Crippen LogP contribution in [0.5, 0.6) is 5.75 Å². The highest BCUT2D eigenvalue weighted by molar-refractivity contribution is 7.12. The molecular weight excluding hydrogens is 306 g/mol. The number of non-ortho nitro benzene ring substituents is 1. The fourth-order valence-electron chi connectivity index (χ4n) is 1.44. The number of halogens is 1. The summed E-state index contributed by atoms with van der Waals surface area (Å²) in [5.41, 5.74) is 0.538. The number of rotatable bonds is 5. The number of nitro benzene ring substituents is 1. The Balaban J connectivity index is 2.11. The second-order valence-electron chi connectivity index (χ2n) is 3.78. The van der Waals surface area contributed by atoms with Crippen molar-refractivity contribution < 1.29 is 19.6 Å². The second kappa shape index (κ2) is 5.89. The summed E-state index contributed by atoms with van der Waals surface area (Å²) in [6.45, 7) is 0.0880. The van der Waals surface area contributed by atoms with Crippen molar-refractivity contribution in [3.63, 3.8) is 0 Å². The van der Waals surface area contributed by atoms with Gasteiger partial charge >= 0.3 is 5.97 Å². The van der Waals surface area contributed by atoms with Crippen molar-refractivity contribution in [1.29, 1.82) is 0 Å². The second-order valence-corrected chi connectivity index (χ2v) is 5.10. The van der Waals surface area contributed by atoms with E-state index in [-0.39, 0.29) is 27.9 Å². The summed E-state index contributed by atoms with van der Waals surface area (Å²) in [5, 5.41) is 21.4. The van der Waals surface area contributed by atoms with Gasteiger partial charge in [0, 0.05) is 11.6 Å². The summed E-state index contributed by atoms with van der Waals surface area (Å²) in [5.74, 6) is -0.821. The molecule has 1 aromatic heterocycles. The van der Waals surface area contributed by atoms with Gasteiger partial charge < -0.3 is 9.84 Å². The first kappa shape index (κ1) is 14.3. The van der Waals surface area contributed by atoms with Crippen molar-refractivity contribution in [3.05, 3.63) is 55.2 Å². The molecule has 8 heteroatoms. The Labute approximate surface area is 122 Å². The molecule has 0 saturated carbocycles. The zero-order valence-corrected chi connectivity index (χ0v) is 11.5. The normalized spacial score (nSPS) is 10.2. The Hall–Kier alpha value is -2.12. The Morgan fingerprint density at radius 1 is 1.45 bits per heavy atom. The number of nitro groups is 1. The molecule has 0 aliphatic carbocycles. The number of carboxylic acids is 1. The van der Waals surface area contributed by atoms with Crippen LogP contribution in [0.15, 0.2) is 29.6 Å². The van der Waals surface area contributed by atoms with Gasteiger partial charge in [0.05, 0.1) is 16.0 Å². The lowest BCUT2D eigenvalue weighted by Gasteiger charge is -2.06. The van der Waals surface area contributed by atoms with Crippen LogP contribution in [0, 0.1) is 10.1 Å². The molecule has 0 aliphatic rings. The highest BCUT2D eigenvalue weighted by Crippen LogP contribution is 2.29. The van der Waals surface area contributed by atoms with Gasteiger partial charge in [0.2, 0.25) is 0 Å². The molecule has 0 saturated heterocycles. The van der Waals surface area contributed by atoms with Crippen molar-refractivity contribution in [3.8, 4) is 5.75 Å². The van der Waals surface area contributed by atoms with Crippen LogP contribution in [0.4, 0.5) is 5.69 Å². The third kappa shape index (κ3) is 3.25. The molecular formula is C12H8ClNO5S. The van der Waals surface area contributed by atoms with Crippen molar-refractivity contribution in [2.24, 2.45) is 0 Å². The Bertz CT molecular complexity index is 670. The minimum atomic E-state index is -1.00. The first-order chi connectivity index (χ1) is 9.47. The maximum Gasteiger partial charge on any atom is 0.345 e. The van der Waals surface area contributed by atoms with Gasteiger partial charge in [-0.2, -0.15) is 0 Å². The predicted molar refractivity (Wildman–Crippen MR) is 73.7 cm³/mol. The molecule has 0 atom stereocenters. The molecule has 0 bridgehead atoms. The molecule has 0 unspecified atom stereocenters. The van der Waals surface area contributed by atoms with Crippen LogP contribution < -0.4 is 4.74 Å². The molecule has 1 aromatic carbocycles. The van der Waals surface area contributed by atoms with E-state index in [4.69, 9.17) is 21.4 Å². The number of carbonyl (C=O) groups is 1. The average molecular weight is 314 g/mol. The number of benzene rings is 1. The first-order valence-electron chi connectivity index (χ1n) is 5.35. The molecule has 6 nitrogen and oxygen atoms in total. The summed E-state index contributed by atoms with van der Waals surface area (Å²) in [7, 11) is 0. The average Bonchev–Trinajstić information content (AvgIpc) is 2.86. The van der Waals surface area contributed by atoms with Gasteiger partial charge in [-0.3, -0.25) is 10.1 Å². The van der Waals surface area contributed by atoms with Crippen LogP contribution >= 0.6 is 22.9 Å². The lowest BCUT2D eigenvalue weighted by molar-refractivity contribution is -0.384. The minimum absolute atomic E-state index is 0.0880. The number of carboxylic acid groups (broad SMARTS) is 1. The lowest BCUT2D eigenvalue weighted by Crippen LogP contribution is -1.96. The van der Waals surface area contributed by atoms with Gasteiger partial charge in [-0.25, -0.2) is 4.79 Å². The number of thiophene rings is 1. The highest BCUT2D eigenvalue weighted by Gasteiger charge is 2.12. The van der Waals surface area contributed by atoms with Gasteiger partial charge in [-0.1, -0.05) is 11.6 Å². The van der Waals surface area contributed by atoms with Gasteiger partial charge in [0.1, 0.15) is 17.2 Å². The minimum Gasteiger partial charge on any atom is -0.487 e. The Morgan fingerprint density at radius 2 is 2.20 bits per heavy atom. The topological polar surface area (TPSA) is 89.7 Å². The number of hydrogen-bond acceptors (Lipinski definition) is 5. The molecule has 0 radical (unpaired) electrons. The van der Waals surface area contributed by atoms with Crippen LogP contribution in [0.3, 0.4) is 0 Å². The van der Waals surface area contributed by atoms with Crippen LogP contribution in [0.25, 0.3) is 0 Å². The predicted octanol–water partition coefficient (Wildman–Crippen LogP) is 3.59. The number of hydrogen-bond donors (Lipinski definition) is 1. The van der Waals surface area contributed by atoms with Gasteiger partial charge in [-0.05, 0) is 17.5 Å². The zero-order valence-electron chi connectivity index (χ0n) is 9.91. The molecule has 20 heavy (non-hydrogen) atoms. The van der Waals surface area contributed by atoms with Crippen LogP contribution in [0.2, 0.25) is 5.02 Å².